The minimum atomic E-state index is -3.09. The molecular weight excluding hydrogens is 910 g/mol. The highest BCUT2D eigenvalue weighted by molar-refractivity contribution is 5.96. The summed E-state index contributed by atoms with van der Waals surface area (Å²) in [5.74, 6) is -7.24. The first-order valence-corrected chi connectivity index (χ1v) is 22.2. The molecule has 0 aliphatic carbocycles. The standard InChI is InChI=1S/C43H63N3O22/c1-20(50)44-30-24(52)16-43(42(60)61,67-37(30)32(55)25(53)17-47)68-38-33(56)26(18-48)64-41(35(38)58)66-36-27(19-49)65-40(63-15-8-6-4-3-5-7-12-28(54)62-2)31(34(36)57)46-39(59)22-14-13-21-10-9-11-23(51)29(21)45-22/h9-11,13-14,24-27,30-38,40-41,47-49,51-53,55-58H,3-8,12,15-19H2,1-2H3,(H,44,50)(H,46,59)(H,60,61)/t24?,25?,26?,27?,30-,31?,32?,33+,34?,35?,36-,37?,38?,40-,41?,43+/m1/s1. The molecule has 5 rings (SSSR count). The van der Waals surface area contributed by atoms with Gasteiger partial charge in [-0.15, -0.1) is 0 Å². The molecule has 11 unspecified atom stereocenters. The number of para-hydroxylation sites is 1. The van der Waals surface area contributed by atoms with Crippen LogP contribution in [0.25, 0.3) is 10.9 Å². The van der Waals surface area contributed by atoms with Crippen molar-refractivity contribution in [2.45, 2.75) is 156 Å². The summed E-state index contributed by atoms with van der Waals surface area (Å²) >= 11 is 0. The van der Waals surface area contributed by atoms with E-state index in [-0.39, 0.29) is 29.5 Å². The summed E-state index contributed by atoms with van der Waals surface area (Å²) in [4.78, 5) is 54.4. The van der Waals surface area contributed by atoms with Gasteiger partial charge in [0.15, 0.2) is 12.6 Å². The van der Waals surface area contributed by atoms with Crippen LogP contribution in [0, 0.1) is 0 Å². The van der Waals surface area contributed by atoms with Gasteiger partial charge in [-0.05, 0) is 25.0 Å². The highest BCUT2D eigenvalue weighted by atomic mass is 16.8. The van der Waals surface area contributed by atoms with Crippen molar-refractivity contribution in [2.75, 3.05) is 33.5 Å². The number of benzene rings is 1. The second-order valence-corrected chi connectivity index (χ2v) is 16.8. The number of phenols is 1. The van der Waals surface area contributed by atoms with Gasteiger partial charge in [0.25, 0.3) is 11.7 Å². The Kier molecular flexibility index (Phi) is 20.1. The van der Waals surface area contributed by atoms with Crippen molar-refractivity contribution >= 4 is 34.7 Å². The Morgan fingerprint density at radius 1 is 0.838 bits per heavy atom. The second-order valence-electron chi connectivity index (χ2n) is 16.8. The number of hydrogen-bond donors (Lipinski definition) is 13. The number of carboxylic acids is 1. The lowest BCUT2D eigenvalue weighted by Gasteiger charge is -2.51. The average Bonchev–Trinajstić information content (AvgIpc) is 3.32. The maximum absolute atomic E-state index is 13.8. The number of carboxylic acid groups (broad SMARTS) is 1. The maximum Gasteiger partial charge on any atom is 0.364 e. The van der Waals surface area contributed by atoms with Crippen molar-refractivity contribution in [1.82, 2.24) is 15.6 Å². The van der Waals surface area contributed by atoms with Gasteiger partial charge < -0.3 is 100.0 Å². The molecule has 4 heterocycles. The first kappa shape index (κ1) is 54.6. The number of carbonyl (C=O) groups excluding carboxylic acids is 3. The van der Waals surface area contributed by atoms with E-state index >= 15 is 0 Å². The summed E-state index contributed by atoms with van der Waals surface area (Å²) in [7, 11) is 1.32. The largest absolute Gasteiger partial charge is 0.506 e. The van der Waals surface area contributed by atoms with Crippen molar-refractivity contribution in [1.29, 1.82) is 0 Å². The van der Waals surface area contributed by atoms with Crippen molar-refractivity contribution in [3.63, 3.8) is 0 Å². The first-order chi connectivity index (χ1) is 32.4. The van der Waals surface area contributed by atoms with Gasteiger partial charge in [0.05, 0.1) is 39.1 Å². The number of nitrogens with zero attached hydrogens (tertiary/aromatic N) is 1. The van der Waals surface area contributed by atoms with Crippen LogP contribution in [0.15, 0.2) is 30.3 Å². The van der Waals surface area contributed by atoms with E-state index in [1.54, 1.807) is 12.1 Å². The molecule has 382 valence electrons. The molecule has 68 heavy (non-hydrogen) atoms. The van der Waals surface area contributed by atoms with E-state index in [0.717, 1.165) is 26.2 Å². The summed E-state index contributed by atoms with van der Waals surface area (Å²) in [6.07, 6.45) is -21.5. The highest BCUT2D eigenvalue weighted by Crippen LogP contribution is 2.38. The Labute approximate surface area is 389 Å². The number of hydrogen-bond acceptors (Lipinski definition) is 22. The number of phenolic OH excluding ortho intramolecular Hbond substituents is 1. The minimum absolute atomic E-state index is 0.0434. The average molecular weight is 974 g/mol. The van der Waals surface area contributed by atoms with E-state index in [1.165, 1.54) is 25.3 Å². The monoisotopic (exact) mass is 973 g/mol. The fourth-order valence-corrected chi connectivity index (χ4v) is 8.32. The van der Waals surface area contributed by atoms with E-state index in [9.17, 15) is 75.3 Å². The van der Waals surface area contributed by atoms with E-state index in [4.69, 9.17) is 28.4 Å². The van der Waals surface area contributed by atoms with Crippen molar-refractivity contribution < 1.29 is 109 Å². The number of ether oxygens (including phenoxy) is 7. The number of pyridine rings is 1. The molecule has 0 bridgehead atoms. The van der Waals surface area contributed by atoms with Gasteiger partial charge in [0, 0.05) is 31.8 Å². The first-order valence-electron chi connectivity index (χ1n) is 22.2. The van der Waals surface area contributed by atoms with E-state index in [0.29, 0.717) is 31.1 Å². The Balaban J connectivity index is 1.38. The third-order valence-corrected chi connectivity index (χ3v) is 12.0. The van der Waals surface area contributed by atoms with Gasteiger partial charge in [-0.1, -0.05) is 43.9 Å². The zero-order chi connectivity index (χ0) is 49.9. The van der Waals surface area contributed by atoms with E-state index in [1.807, 2.05) is 0 Å². The second kappa shape index (κ2) is 25.0. The lowest BCUT2D eigenvalue weighted by Crippen LogP contribution is -2.71. The molecule has 3 aliphatic heterocycles. The summed E-state index contributed by atoms with van der Waals surface area (Å²) in [6, 6.07) is 4.40. The molecule has 0 radical (unpaired) electrons. The molecule has 25 nitrogen and oxygen atoms in total. The molecule has 16 atom stereocenters. The van der Waals surface area contributed by atoms with Gasteiger partial charge in [-0.2, -0.15) is 0 Å². The van der Waals surface area contributed by atoms with E-state index in [2.05, 4.69) is 20.4 Å². The fraction of sp³-hybridized carbons (Fsp3) is 0.698. The fourth-order valence-electron chi connectivity index (χ4n) is 8.32. The van der Waals surface area contributed by atoms with Gasteiger partial charge >= 0.3 is 11.9 Å². The number of nitrogens with one attached hydrogen (secondary N) is 2. The molecular formula is C43H63N3O22. The topological polar surface area (TPSA) is 392 Å². The number of aliphatic hydroxyl groups excluding tert-OH is 9. The number of methoxy groups -OCH3 is 1. The van der Waals surface area contributed by atoms with Crippen LogP contribution in [0.2, 0.25) is 0 Å². The van der Waals surface area contributed by atoms with Crippen molar-refractivity contribution in [3.8, 4) is 5.75 Å². The number of aliphatic carboxylic acids is 1. The Morgan fingerprint density at radius 2 is 1.51 bits per heavy atom. The van der Waals surface area contributed by atoms with Crippen LogP contribution in [0.3, 0.4) is 0 Å². The van der Waals surface area contributed by atoms with Gasteiger partial charge in [-0.25, -0.2) is 9.78 Å². The molecule has 25 heteroatoms. The zero-order valence-electron chi connectivity index (χ0n) is 37.4. The number of amides is 2. The number of fused-ring (bicyclic) bond motifs is 1. The molecule has 2 aromatic rings. The Bertz CT molecular complexity index is 1980. The molecule has 3 saturated heterocycles. The normalized spacial score (nSPS) is 32.8. The number of rotatable bonds is 23. The molecule has 0 spiro atoms. The number of aromatic nitrogens is 1. The predicted molar refractivity (Wildman–Crippen MR) is 227 cm³/mol. The summed E-state index contributed by atoms with van der Waals surface area (Å²) in [5, 5.41) is 124. The Hall–Kier alpha value is -4.29. The van der Waals surface area contributed by atoms with Gasteiger partial charge in [-0.3, -0.25) is 14.4 Å². The molecule has 3 aliphatic rings. The van der Waals surface area contributed by atoms with Crippen molar-refractivity contribution in [2.24, 2.45) is 0 Å². The highest BCUT2D eigenvalue weighted by Gasteiger charge is 2.60. The smallest absolute Gasteiger partial charge is 0.364 e. The SMILES string of the molecule is COC(=O)CCCCCCCCO[C@@H]1OC(CO)[C@@H](OC2OC(CO)[C@H](O)C(O[C@]3(C(=O)O)CC(O)[C@@H](NC(C)=O)C(C(O)C(O)CO)O3)C2O)C(O)C1NC(=O)c1ccc2cccc(O)c2n1. The molecule has 13 N–H and O–H groups in total. The Morgan fingerprint density at radius 3 is 2.16 bits per heavy atom. The maximum atomic E-state index is 13.8. The molecule has 0 saturated carbocycles. The van der Waals surface area contributed by atoms with Crippen LogP contribution < -0.4 is 10.6 Å². The van der Waals surface area contributed by atoms with Crippen LogP contribution in [0.5, 0.6) is 5.75 Å². The molecule has 2 amide bonds. The number of carbonyl (C=O) groups is 4. The summed E-state index contributed by atoms with van der Waals surface area (Å²) in [5.41, 5.74) is -0.1000. The van der Waals surface area contributed by atoms with Gasteiger partial charge in [0.1, 0.15) is 84.0 Å². The minimum Gasteiger partial charge on any atom is -0.506 e. The third kappa shape index (κ3) is 13.1. The number of aliphatic hydroxyl groups is 9. The van der Waals surface area contributed by atoms with Crippen LogP contribution in [-0.4, -0.2) is 216 Å². The lowest BCUT2D eigenvalue weighted by atomic mass is 9.88. The number of esters is 1. The predicted octanol–water partition coefficient (Wildman–Crippen LogP) is -3.60. The molecule has 1 aromatic carbocycles. The van der Waals surface area contributed by atoms with Crippen LogP contribution in [-0.2, 0) is 47.5 Å². The zero-order valence-corrected chi connectivity index (χ0v) is 37.4. The number of unbranched alkanes of at least 4 members (excludes halogenated alkanes) is 5. The molecule has 3 fully saturated rings. The summed E-state index contributed by atoms with van der Waals surface area (Å²) in [6.45, 7) is -1.89. The summed E-state index contributed by atoms with van der Waals surface area (Å²) < 4.78 is 39.8. The van der Waals surface area contributed by atoms with Crippen LogP contribution in [0.1, 0.15) is 68.8 Å². The van der Waals surface area contributed by atoms with E-state index < -0.39 is 142 Å². The van der Waals surface area contributed by atoms with Crippen LogP contribution in [0.4, 0.5) is 0 Å². The van der Waals surface area contributed by atoms with Gasteiger partial charge in [0.2, 0.25) is 5.91 Å². The van der Waals surface area contributed by atoms with Crippen molar-refractivity contribution in [3.05, 3.63) is 36.0 Å². The number of aromatic hydroxyl groups is 1. The quantitative estimate of drug-likeness (QED) is 0.0378. The molecule has 1 aromatic heterocycles. The third-order valence-electron chi connectivity index (χ3n) is 12.0. The van der Waals surface area contributed by atoms with Crippen LogP contribution >= 0.6 is 0 Å². The lowest BCUT2D eigenvalue weighted by molar-refractivity contribution is -0.382.